The van der Waals surface area contributed by atoms with Crippen LogP contribution in [0.3, 0.4) is 0 Å². The lowest BCUT2D eigenvalue weighted by atomic mass is 10.1. The zero-order valence-electron chi connectivity index (χ0n) is 15.5. The molecular formula is C20H28N4O2. The number of aromatic nitrogens is 2. The zero-order chi connectivity index (χ0) is 17.8. The fourth-order valence-electron chi connectivity index (χ4n) is 3.79. The third-order valence-corrected chi connectivity index (χ3v) is 5.37. The minimum absolute atomic E-state index is 0.592. The molecule has 0 spiro atoms. The highest BCUT2D eigenvalue weighted by Gasteiger charge is 2.22. The second-order valence-electron chi connectivity index (χ2n) is 7.29. The van der Waals surface area contributed by atoms with Gasteiger partial charge in [0.05, 0.1) is 24.8 Å². The van der Waals surface area contributed by atoms with E-state index < -0.39 is 0 Å². The molecule has 0 aromatic carbocycles. The summed E-state index contributed by atoms with van der Waals surface area (Å²) >= 11 is 0. The van der Waals surface area contributed by atoms with E-state index in [0.29, 0.717) is 5.92 Å². The van der Waals surface area contributed by atoms with Gasteiger partial charge in [0.1, 0.15) is 11.6 Å². The minimum atomic E-state index is 0.592. The molecule has 2 aromatic rings. The molecule has 0 aliphatic carbocycles. The number of rotatable bonds is 6. The first-order valence-corrected chi connectivity index (χ1v) is 9.75. The van der Waals surface area contributed by atoms with E-state index in [1.54, 1.807) is 6.26 Å². The van der Waals surface area contributed by atoms with Gasteiger partial charge in [-0.3, -0.25) is 4.90 Å². The number of anilines is 1. The fraction of sp³-hybridized carbons (Fsp3) is 0.600. The van der Waals surface area contributed by atoms with Crippen LogP contribution in [0.25, 0.3) is 0 Å². The van der Waals surface area contributed by atoms with Crippen molar-refractivity contribution >= 4 is 5.82 Å². The molecule has 0 amide bonds. The monoisotopic (exact) mass is 356 g/mol. The highest BCUT2D eigenvalue weighted by Crippen LogP contribution is 2.24. The van der Waals surface area contributed by atoms with Gasteiger partial charge in [-0.25, -0.2) is 9.97 Å². The smallest absolute Gasteiger partial charge is 0.133 e. The van der Waals surface area contributed by atoms with Crippen molar-refractivity contribution in [3.63, 3.8) is 0 Å². The summed E-state index contributed by atoms with van der Waals surface area (Å²) in [6.07, 6.45) is 7.55. The third-order valence-electron chi connectivity index (χ3n) is 5.37. The number of aryl methyl sites for hydroxylation is 1. The summed E-state index contributed by atoms with van der Waals surface area (Å²) in [5.41, 5.74) is 3.75. The van der Waals surface area contributed by atoms with E-state index in [9.17, 15) is 0 Å². The van der Waals surface area contributed by atoms with E-state index in [4.69, 9.17) is 19.1 Å². The van der Waals surface area contributed by atoms with Crippen molar-refractivity contribution in [1.29, 1.82) is 0 Å². The standard InChI is InChI=1S/C20H28N4O2/c1-2-19-22-18-4-8-24(12-16-6-10-26-14-16)7-3-17(18)20(23-19)21-11-15-5-9-25-13-15/h6,10,14-15H,2-5,7-9,11-13H2,1H3,(H,21,22,23)/t15-/m1/s1. The molecule has 2 aromatic heterocycles. The summed E-state index contributed by atoms with van der Waals surface area (Å²) in [6.45, 7) is 7.78. The predicted octanol–water partition coefficient (Wildman–Crippen LogP) is 2.68. The number of hydrogen-bond acceptors (Lipinski definition) is 6. The van der Waals surface area contributed by atoms with Crippen molar-refractivity contribution in [2.45, 2.75) is 39.2 Å². The van der Waals surface area contributed by atoms with Gasteiger partial charge >= 0.3 is 0 Å². The quantitative estimate of drug-likeness (QED) is 0.859. The van der Waals surface area contributed by atoms with Crippen molar-refractivity contribution in [1.82, 2.24) is 14.9 Å². The van der Waals surface area contributed by atoms with Crippen molar-refractivity contribution < 1.29 is 9.15 Å². The molecule has 0 unspecified atom stereocenters. The Hall–Kier alpha value is -1.92. The van der Waals surface area contributed by atoms with Gasteiger partial charge < -0.3 is 14.5 Å². The molecule has 1 N–H and O–H groups in total. The summed E-state index contributed by atoms with van der Waals surface area (Å²) in [5, 5.41) is 3.61. The average molecular weight is 356 g/mol. The molecule has 0 radical (unpaired) electrons. The van der Waals surface area contributed by atoms with Crippen LogP contribution in [0.2, 0.25) is 0 Å². The molecular weight excluding hydrogens is 328 g/mol. The molecule has 1 fully saturated rings. The van der Waals surface area contributed by atoms with Crippen LogP contribution in [0.15, 0.2) is 23.0 Å². The van der Waals surface area contributed by atoms with E-state index in [2.05, 4.69) is 17.1 Å². The van der Waals surface area contributed by atoms with Crippen molar-refractivity contribution in [2.24, 2.45) is 5.92 Å². The first-order chi connectivity index (χ1) is 12.8. The SMILES string of the molecule is CCc1nc2c(c(NC[C@H]3CCOC3)n1)CCN(Cc1ccoc1)CC2. The number of furan rings is 1. The summed E-state index contributed by atoms with van der Waals surface area (Å²) in [5.74, 6) is 2.58. The van der Waals surface area contributed by atoms with Crippen LogP contribution in [-0.2, 0) is 30.5 Å². The molecule has 6 nitrogen and oxygen atoms in total. The van der Waals surface area contributed by atoms with Crippen molar-refractivity contribution in [3.8, 4) is 0 Å². The maximum Gasteiger partial charge on any atom is 0.133 e. The topological polar surface area (TPSA) is 63.4 Å². The van der Waals surface area contributed by atoms with E-state index in [1.807, 2.05) is 12.3 Å². The van der Waals surface area contributed by atoms with Crippen molar-refractivity contribution in [3.05, 3.63) is 41.2 Å². The van der Waals surface area contributed by atoms with Gasteiger partial charge in [0, 0.05) is 62.7 Å². The second kappa shape index (κ2) is 8.18. The molecule has 2 aliphatic heterocycles. The number of ether oxygens (including phenoxy) is 1. The molecule has 1 saturated heterocycles. The Morgan fingerprint density at radius 3 is 2.96 bits per heavy atom. The molecule has 26 heavy (non-hydrogen) atoms. The molecule has 0 bridgehead atoms. The molecule has 4 rings (SSSR count). The fourth-order valence-corrected chi connectivity index (χ4v) is 3.79. The Morgan fingerprint density at radius 2 is 2.19 bits per heavy atom. The first kappa shape index (κ1) is 17.5. The minimum Gasteiger partial charge on any atom is -0.472 e. The van der Waals surface area contributed by atoms with E-state index in [-0.39, 0.29) is 0 Å². The summed E-state index contributed by atoms with van der Waals surface area (Å²) < 4.78 is 10.7. The van der Waals surface area contributed by atoms with E-state index in [0.717, 1.165) is 76.7 Å². The van der Waals surface area contributed by atoms with Gasteiger partial charge in [-0.05, 0) is 18.9 Å². The predicted molar refractivity (Wildman–Crippen MR) is 100 cm³/mol. The van der Waals surface area contributed by atoms with Crippen LogP contribution in [0.4, 0.5) is 5.82 Å². The van der Waals surface area contributed by atoms with E-state index >= 15 is 0 Å². The molecule has 2 aliphatic rings. The van der Waals surface area contributed by atoms with Crippen LogP contribution >= 0.6 is 0 Å². The van der Waals surface area contributed by atoms with Crippen LogP contribution in [0.1, 0.15) is 36.0 Å². The first-order valence-electron chi connectivity index (χ1n) is 9.75. The van der Waals surface area contributed by atoms with Gasteiger partial charge in [-0.15, -0.1) is 0 Å². The molecule has 0 saturated carbocycles. The molecule has 4 heterocycles. The van der Waals surface area contributed by atoms with Crippen LogP contribution < -0.4 is 5.32 Å². The Bertz CT molecular complexity index is 711. The van der Waals surface area contributed by atoms with E-state index in [1.165, 1.54) is 16.8 Å². The average Bonchev–Trinajstić information content (AvgIpc) is 3.32. The summed E-state index contributed by atoms with van der Waals surface area (Å²) in [7, 11) is 0. The number of nitrogens with zero attached hydrogens (tertiary/aromatic N) is 3. The molecule has 6 heteroatoms. The lowest BCUT2D eigenvalue weighted by Gasteiger charge is -2.18. The Kier molecular flexibility index (Phi) is 5.51. The van der Waals surface area contributed by atoms with Gasteiger partial charge in [0.25, 0.3) is 0 Å². The second-order valence-corrected chi connectivity index (χ2v) is 7.29. The molecule has 1 atom stereocenters. The lowest BCUT2D eigenvalue weighted by Crippen LogP contribution is -2.25. The van der Waals surface area contributed by atoms with Gasteiger partial charge in [0.15, 0.2) is 0 Å². The Labute approximate surface area is 155 Å². The molecule has 140 valence electrons. The maximum atomic E-state index is 5.50. The van der Waals surface area contributed by atoms with Crippen LogP contribution in [0, 0.1) is 5.92 Å². The number of nitrogens with one attached hydrogen (secondary N) is 1. The highest BCUT2D eigenvalue weighted by molar-refractivity contribution is 5.47. The zero-order valence-corrected chi connectivity index (χ0v) is 15.5. The Morgan fingerprint density at radius 1 is 1.27 bits per heavy atom. The maximum absolute atomic E-state index is 5.50. The number of fused-ring (bicyclic) bond motifs is 1. The van der Waals surface area contributed by atoms with Gasteiger partial charge in [-0.2, -0.15) is 0 Å². The lowest BCUT2D eigenvalue weighted by molar-refractivity contribution is 0.187. The summed E-state index contributed by atoms with van der Waals surface area (Å²) in [6, 6.07) is 2.05. The number of hydrogen-bond donors (Lipinski definition) is 1. The van der Waals surface area contributed by atoms with Crippen LogP contribution in [-0.4, -0.2) is 47.7 Å². The van der Waals surface area contributed by atoms with Gasteiger partial charge in [0.2, 0.25) is 0 Å². The van der Waals surface area contributed by atoms with Crippen LogP contribution in [0.5, 0.6) is 0 Å². The largest absolute Gasteiger partial charge is 0.472 e. The Balaban J connectivity index is 1.48. The normalized spacial score (nSPS) is 20.7. The van der Waals surface area contributed by atoms with Gasteiger partial charge in [-0.1, -0.05) is 6.92 Å². The third kappa shape index (κ3) is 4.07. The highest BCUT2D eigenvalue weighted by atomic mass is 16.5. The summed E-state index contributed by atoms with van der Waals surface area (Å²) in [4.78, 5) is 12.1. The van der Waals surface area contributed by atoms with Crippen molar-refractivity contribution in [2.75, 3.05) is 38.2 Å².